The predicted molar refractivity (Wildman–Crippen MR) is 57.5 cm³/mol. The van der Waals surface area contributed by atoms with Gasteiger partial charge in [-0.2, -0.15) is 0 Å². The molecular formula is C12H14O4. The van der Waals surface area contributed by atoms with Crippen LogP contribution in [0.5, 0.6) is 5.75 Å². The van der Waals surface area contributed by atoms with Crippen LogP contribution in [0, 0.1) is 0 Å². The average molecular weight is 222 g/mol. The first-order valence-corrected chi connectivity index (χ1v) is 5.28. The van der Waals surface area contributed by atoms with Crippen LogP contribution >= 0.6 is 0 Å². The normalized spacial score (nSPS) is 19.0. The lowest BCUT2D eigenvalue weighted by Crippen LogP contribution is -2.49. The van der Waals surface area contributed by atoms with E-state index in [-0.39, 0.29) is 0 Å². The Balaban J connectivity index is 2.17. The van der Waals surface area contributed by atoms with Crippen LogP contribution in [0.25, 0.3) is 0 Å². The van der Waals surface area contributed by atoms with Gasteiger partial charge >= 0.3 is 5.97 Å². The van der Waals surface area contributed by atoms with E-state index in [1.54, 1.807) is 12.1 Å². The lowest BCUT2D eigenvalue weighted by atomic mass is 9.94. The summed E-state index contributed by atoms with van der Waals surface area (Å²) in [6.07, 6.45) is 0.772. The van der Waals surface area contributed by atoms with Gasteiger partial charge in [-0.3, -0.25) is 0 Å². The number of benzene rings is 1. The first-order chi connectivity index (χ1) is 7.73. The largest absolute Gasteiger partial charge is 0.478 e. The predicted octanol–water partition coefficient (Wildman–Crippen LogP) is 1.70. The topological polar surface area (TPSA) is 55.8 Å². The highest BCUT2D eigenvalue weighted by Gasteiger charge is 2.42. The Kier molecular flexibility index (Phi) is 3.10. The zero-order valence-electron chi connectivity index (χ0n) is 8.89. The number of aliphatic carboxylic acids is 1. The van der Waals surface area contributed by atoms with E-state index < -0.39 is 11.6 Å². The summed E-state index contributed by atoms with van der Waals surface area (Å²) in [4.78, 5) is 11.3. The van der Waals surface area contributed by atoms with Crippen LogP contribution < -0.4 is 4.74 Å². The lowest BCUT2D eigenvalue weighted by molar-refractivity contribution is -0.163. The third-order valence-corrected chi connectivity index (χ3v) is 2.75. The molecule has 0 aromatic heterocycles. The van der Waals surface area contributed by atoms with E-state index in [1.807, 2.05) is 18.2 Å². The van der Waals surface area contributed by atoms with E-state index in [9.17, 15) is 9.90 Å². The third-order valence-electron chi connectivity index (χ3n) is 2.75. The molecule has 1 aliphatic rings. The molecule has 4 nitrogen and oxygen atoms in total. The van der Waals surface area contributed by atoms with E-state index in [0.29, 0.717) is 31.8 Å². The van der Waals surface area contributed by atoms with Crippen molar-refractivity contribution in [3.63, 3.8) is 0 Å². The molecule has 1 fully saturated rings. The Hall–Kier alpha value is -1.55. The molecule has 0 bridgehead atoms. The molecule has 2 rings (SSSR count). The van der Waals surface area contributed by atoms with Crippen molar-refractivity contribution in [1.82, 2.24) is 0 Å². The molecule has 0 unspecified atom stereocenters. The van der Waals surface area contributed by atoms with Crippen molar-refractivity contribution in [2.45, 2.75) is 18.4 Å². The minimum Gasteiger partial charge on any atom is -0.478 e. The highest BCUT2D eigenvalue weighted by molar-refractivity contribution is 5.78. The second-order valence-corrected chi connectivity index (χ2v) is 3.83. The van der Waals surface area contributed by atoms with Gasteiger partial charge in [-0.05, 0) is 12.1 Å². The fourth-order valence-electron chi connectivity index (χ4n) is 1.77. The van der Waals surface area contributed by atoms with Gasteiger partial charge < -0.3 is 14.6 Å². The van der Waals surface area contributed by atoms with Crippen LogP contribution in [0.3, 0.4) is 0 Å². The summed E-state index contributed by atoms with van der Waals surface area (Å²) in [7, 11) is 0. The van der Waals surface area contributed by atoms with Crippen molar-refractivity contribution >= 4 is 5.97 Å². The summed E-state index contributed by atoms with van der Waals surface area (Å²) < 4.78 is 10.8. The summed E-state index contributed by atoms with van der Waals surface area (Å²) in [6.45, 7) is 0.859. The van der Waals surface area contributed by atoms with Crippen molar-refractivity contribution in [3.8, 4) is 5.75 Å². The van der Waals surface area contributed by atoms with Crippen molar-refractivity contribution in [2.24, 2.45) is 0 Å². The zero-order valence-corrected chi connectivity index (χ0v) is 8.89. The standard InChI is InChI=1S/C12H14O4/c13-11(14)12(6-8-15-9-7-12)16-10-4-2-1-3-5-10/h1-5H,6-9H2,(H,13,14). The number of rotatable bonds is 3. The number of para-hydroxylation sites is 1. The van der Waals surface area contributed by atoms with Gasteiger partial charge in [0.25, 0.3) is 0 Å². The lowest BCUT2D eigenvalue weighted by Gasteiger charge is -2.33. The summed E-state index contributed by atoms with van der Waals surface area (Å²) in [6, 6.07) is 9.04. The summed E-state index contributed by atoms with van der Waals surface area (Å²) >= 11 is 0. The van der Waals surface area contributed by atoms with Crippen molar-refractivity contribution in [3.05, 3.63) is 30.3 Å². The van der Waals surface area contributed by atoms with Gasteiger partial charge in [0.1, 0.15) is 5.75 Å². The molecule has 1 saturated heterocycles. The Morgan fingerprint density at radius 1 is 1.25 bits per heavy atom. The number of carboxylic acids is 1. The van der Waals surface area contributed by atoms with Gasteiger partial charge in [-0.25, -0.2) is 4.79 Å². The van der Waals surface area contributed by atoms with Gasteiger partial charge in [0, 0.05) is 12.8 Å². The average Bonchev–Trinajstić information content (AvgIpc) is 2.31. The maximum Gasteiger partial charge on any atom is 0.348 e. The van der Waals surface area contributed by atoms with Crippen LogP contribution in [0.15, 0.2) is 30.3 Å². The fraction of sp³-hybridized carbons (Fsp3) is 0.417. The first kappa shape index (κ1) is 11.0. The molecule has 16 heavy (non-hydrogen) atoms. The molecule has 0 saturated carbocycles. The van der Waals surface area contributed by atoms with Crippen LogP contribution in [-0.4, -0.2) is 29.9 Å². The first-order valence-electron chi connectivity index (χ1n) is 5.28. The molecule has 0 aliphatic carbocycles. The molecule has 86 valence electrons. The van der Waals surface area contributed by atoms with Crippen LogP contribution in [0.2, 0.25) is 0 Å². The van der Waals surface area contributed by atoms with Gasteiger partial charge in [0.15, 0.2) is 0 Å². The van der Waals surface area contributed by atoms with Crippen LogP contribution in [0.1, 0.15) is 12.8 Å². The molecular weight excluding hydrogens is 208 g/mol. The number of carboxylic acid groups (broad SMARTS) is 1. The zero-order chi connectivity index (χ0) is 11.4. The van der Waals surface area contributed by atoms with Gasteiger partial charge in [0.2, 0.25) is 5.60 Å². The molecule has 4 heteroatoms. The fourth-order valence-corrected chi connectivity index (χ4v) is 1.77. The molecule has 1 heterocycles. The summed E-state index contributed by atoms with van der Waals surface area (Å²) in [5, 5.41) is 9.27. The van der Waals surface area contributed by atoms with Crippen molar-refractivity contribution in [2.75, 3.05) is 13.2 Å². The molecule has 0 radical (unpaired) electrons. The highest BCUT2D eigenvalue weighted by Crippen LogP contribution is 2.28. The molecule has 0 atom stereocenters. The monoisotopic (exact) mass is 222 g/mol. The van der Waals surface area contributed by atoms with Gasteiger partial charge in [-0.1, -0.05) is 18.2 Å². The third kappa shape index (κ3) is 2.17. The van der Waals surface area contributed by atoms with E-state index in [2.05, 4.69) is 0 Å². The molecule has 0 spiro atoms. The van der Waals surface area contributed by atoms with E-state index in [4.69, 9.17) is 9.47 Å². The Morgan fingerprint density at radius 2 is 1.88 bits per heavy atom. The quantitative estimate of drug-likeness (QED) is 0.845. The number of hydrogen-bond acceptors (Lipinski definition) is 3. The highest BCUT2D eigenvalue weighted by atomic mass is 16.5. The molecule has 0 amide bonds. The minimum absolute atomic E-state index is 0.386. The van der Waals surface area contributed by atoms with Gasteiger partial charge in [0.05, 0.1) is 13.2 Å². The number of hydrogen-bond donors (Lipinski definition) is 1. The minimum atomic E-state index is -1.13. The molecule has 1 N–H and O–H groups in total. The van der Waals surface area contributed by atoms with Crippen LogP contribution in [0.4, 0.5) is 0 Å². The van der Waals surface area contributed by atoms with E-state index in [0.717, 1.165) is 0 Å². The molecule has 1 aromatic carbocycles. The van der Waals surface area contributed by atoms with Gasteiger partial charge in [-0.15, -0.1) is 0 Å². The second kappa shape index (κ2) is 4.53. The Morgan fingerprint density at radius 3 is 2.44 bits per heavy atom. The second-order valence-electron chi connectivity index (χ2n) is 3.83. The number of carbonyl (C=O) groups is 1. The SMILES string of the molecule is O=C(O)C1(Oc2ccccc2)CCOCC1. The molecule has 1 aromatic rings. The maximum atomic E-state index is 11.3. The summed E-state index contributed by atoms with van der Waals surface area (Å²) in [5.74, 6) is -0.327. The smallest absolute Gasteiger partial charge is 0.348 e. The maximum absolute atomic E-state index is 11.3. The summed E-state index contributed by atoms with van der Waals surface area (Å²) in [5.41, 5.74) is -1.13. The van der Waals surface area contributed by atoms with Crippen LogP contribution in [-0.2, 0) is 9.53 Å². The van der Waals surface area contributed by atoms with E-state index >= 15 is 0 Å². The Bertz CT molecular complexity index is 355. The van der Waals surface area contributed by atoms with Crippen molar-refractivity contribution < 1.29 is 19.4 Å². The number of ether oxygens (including phenoxy) is 2. The van der Waals surface area contributed by atoms with Crippen molar-refractivity contribution in [1.29, 1.82) is 0 Å². The Labute approximate surface area is 93.8 Å². The van der Waals surface area contributed by atoms with E-state index in [1.165, 1.54) is 0 Å². The molecule has 1 aliphatic heterocycles.